The van der Waals surface area contributed by atoms with Gasteiger partial charge in [-0.15, -0.1) is 5.10 Å². The van der Waals surface area contributed by atoms with Gasteiger partial charge in [-0.1, -0.05) is 27.2 Å². The Kier molecular flexibility index (Phi) is 4.28. The van der Waals surface area contributed by atoms with Crippen molar-refractivity contribution < 1.29 is 4.79 Å². The fourth-order valence-electron chi connectivity index (χ4n) is 1.60. The molecule has 100 valence electrons. The maximum absolute atomic E-state index is 11.1. The second-order valence-corrected chi connectivity index (χ2v) is 4.87. The predicted molar refractivity (Wildman–Crippen MR) is 74.7 cm³/mol. The van der Waals surface area contributed by atoms with E-state index < -0.39 is 0 Å². The van der Waals surface area contributed by atoms with Gasteiger partial charge in [0.2, 0.25) is 5.91 Å². The number of nitrogens with zero attached hydrogens (tertiary/aromatic N) is 3. The van der Waals surface area contributed by atoms with Gasteiger partial charge < -0.3 is 11.1 Å². The first-order valence-corrected chi connectivity index (χ1v) is 6.54. The fourth-order valence-corrected chi connectivity index (χ4v) is 1.96. The third-order valence-electron chi connectivity index (χ3n) is 2.68. The minimum absolute atomic E-state index is 0.0289. The quantitative estimate of drug-likeness (QED) is 0.875. The Bertz CT molecular complexity index is 596. The minimum atomic E-state index is -0.215. The molecule has 0 radical (unpaired) electrons. The number of hydrogen-bond acceptors (Lipinski definition) is 4. The molecule has 0 spiro atoms. The molecule has 0 atom stereocenters. The lowest BCUT2D eigenvalue weighted by Gasteiger charge is -2.06. The van der Waals surface area contributed by atoms with Crippen LogP contribution in [-0.4, -0.2) is 27.4 Å². The second kappa shape index (κ2) is 5.94. The monoisotopic (exact) mass is 323 g/mol. The molecule has 1 aromatic heterocycles. The van der Waals surface area contributed by atoms with Crippen molar-refractivity contribution in [3.05, 3.63) is 40.1 Å². The number of aromatic nitrogens is 3. The molecule has 0 aliphatic rings. The molecule has 0 bridgehead atoms. The minimum Gasteiger partial charge on any atom is -0.349 e. The van der Waals surface area contributed by atoms with Gasteiger partial charge in [-0.25, -0.2) is 4.68 Å². The third kappa shape index (κ3) is 3.18. The van der Waals surface area contributed by atoms with Crippen LogP contribution in [0.25, 0.3) is 5.69 Å². The third-order valence-corrected chi connectivity index (χ3v) is 3.54. The van der Waals surface area contributed by atoms with E-state index >= 15 is 0 Å². The highest BCUT2D eigenvalue weighted by molar-refractivity contribution is 9.10. The maximum Gasteiger partial charge on any atom is 0.234 e. The Morgan fingerprint density at radius 3 is 3.05 bits per heavy atom. The zero-order valence-electron chi connectivity index (χ0n) is 10.4. The standard InChI is InChI=1S/C12H14BrN5O/c1-8-10(13)3-2-4-11(8)18-7-9(16-17-18)6-15-12(19)5-14/h2-4,7H,5-6,14H2,1H3,(H,15,19). The summed E-state index contributed by atoms with van der Waals surface area (Å²) >= 11 is 3.48. The first kappa shape index (κ1) is 13.7. The summed E-state index contributed by atoms with van der Waals surface area (Å²) in [7, 11) is 0. The van der Waals surface area contributed by atoms with Gasteiger partial charge in [0.15, 0.2) is 0 Å². The highest BCUT2D eigenvalue weighted by Crippen LogP contribution is 2.21. The van der Waals surface area contributed by atoms with E-state index in [1.54, 1.807) is 10.9 Å². The normalized spacial score (nSPS) is 10.5. The number of amides is 1. The Balaban J connectivity index is 2.17. The fraction of sp³-hybridized carbons (Fsp3) is 0.250. The van der Waals surface area contributed by atoms with Crippen LogP contribution < -0.4 is 11.1 Å². The van der Waals surface area contributed by atoms with Gasteiger partial charge in [0.25, 0.3) is 0 Å². The predicted octanol–water partition coefficient (Wildman–Crippen LogP) is 0.913. The molecule has 3 N–H and O–H groups in total. The number of hydrogen-bond donors (Lipinski definition) is 2. The van der Waals surface area contributed by atoms with E-state index in [0.717, 1.165) is 15.7 Å². The Morgan fingerprint density at radius 1 is 1.53 bits per heavy atom. The van der Waals surface area contributed by atoms with E-state index in [1.807, 2.05) is 25.1 Å². The molecule has 2 rings (SSSR count). The Morgan fingerprint density at radius 2 is 2.32 bits per heavy atom. The van der Waals surface area contributed by atoms with Crippen molar-refractivity contribution in [3.63, 3.8) is 0 Å². The molecule has 1 heterocycles. The molecule has 0 fully saturated rings. The summed E-state index contributed by atoms with van der Waals surface area (Å²) in [5.74, 6) is -0.215. The van der Waals surface area contributed by atoms with Gasteiger partial charge in [0.05, 0.1) is 25.0 Å². The van der Waals surface area contributed by atoms with Crippen LogP contribution in [0.15, 0.2) is 28.9 Å². The van der Waals surface area contributed by atoms with Crippen molar-refractivity contribution in [2.24, 2.45) is 5.73 Å². The van der Waals surface area contributed by atoms with E-state index in [9.17, 15) is 4.79 Å². The molecule has 0 saturated heterocycles. The number of benzene rings is 1. The summed E-state index contributed by atoms with van der Waals surface area (Å²) in [5, 5.41) is 10.7. The number of carbonyl (C=O) groups excluding carboxylic acids is 1. The summed E-state index contributed by atoms with van der Waals surface area (Å²) < 4.78 is 2.70. The van der Waals surface area contributed by atoms with Gasteiger partial charge in [-0.3, -0.25) is 4.79 Å². The molecular formula is C12H14BrN5O. The van der Waals surface area contributed by atoms with Crippen molar-refractivity contribution in [1.82, 2.24) is 20.3 Å². The van der Waals surface area contributed by atoms with E-state index in [0.29, 0.717) is 12.2 Å². The van der Waals surface area contributed by atoms with Crippen LogP contribution in [0.5, 0.6) is 0 Å². The Hall–Kier alpha value is -1.73. The molecule has 0 unspecified atom stereocenters. The largest absolute Gasteiger partial charge is 0.349 e. The number of halogens is 1. The summed E-state index contributed by atoms with van der Waals surface area (Å²) in [6, 6.07) is 5.86. The van der Waals surface area contributed by atoms with Crippen LogP contribution in [0, 0.1) is 6.92 Å². The Labute approximate surface area is 119 Å². The number of carbonyl (C=O) groups is 1. The summed E-state index contributed by atoms with van der Waals surface area (Å²) in [4.78, 5) is 11.1. The highest BCUT2D eigenvalue weighted by Gasteiger charge is 2.07. The van der Waals surface area contributed by atoms with E-state index in [4.69, 9.17) is 5.73 Å². The lowest BCUT2D eigenvalue weighted by molar-refractivity contribution is -0.119. The topological polar surface area (TPSA) is 85.8 Å². The SMILES string of the molecule is Cc1c(Br)cccc1-n1cc(CNC(=O)CN)nn1. The van der Waals surface area contributed by atoms with E-state index in [1.165, 1.54) is 0 Å². The molecule has 0 aliphatic heterocycles. The van der Waals surface area contributed by atoms with Crippen LogP contribution in [0.4, 0.5) is 0 Å². The summed E-state index contributed by atoms with van der Waals surface area (Å²) in [6.45, 7) is 2.29. The van der Waals surface area contributed by atoms with Crippen LogP contribution >= 0.6 is 15.9 Å². The lowest BCUT2D eigenvalue weighted by atomic mass is 10.2. The molecular weight excluding hydrogens is 310 g/mol. The van der Waals surface area contributed by atoms with Crippen molar-refractivity contribution in [3.8, 4) is 5.69 Å². The second-order valence-electron chi connectivity index (χ2n) is 4.02. The van der Waals surface area contributed by atoms with Crippen molar-refractivity contribution in [1.29, 1.82) is 0 Å². The van der Waals surface area contributed by atoms with Crippen molar-refractivity contribution in [2.45, 2.75) is 13.5 Å². The summed E-state index contributed by atoms with van der Waals surface area (Å²) in [5.41, 5.74) is 7.91. The summed E-state index contributed by atoms with van der Waals surface area (Å²) in [6.07, 6.45) is 1.78. The van der Waals surface area contributed by atoms with E-state index in [2.05, 4.69) is 31.6 Å². The number of nitrogens with two attached hydrogens (primary N) is 1. The average Bonchev–Trinajstić information content (AvgIpc) is 2.87. The maximum atomic E-state index is 11.1. The van der Waals surface area contributed by atoms with Crippen LogP contribution in [0.3, 0.4) is 0 Å². The first-order chi connectivity index (χ1) is 9.11. The van der Waals surface area contributed by atoms with Crippen LogP contribution in [-0.2, 0) is 11.3 Å². The van der Waals surface area contributed by atoms with Gasteiger partial charge in [-0.2, -0.15) is 0 Å². The lowest BCUT2D eigenvalue weighted by Crippen LogP contribution is -2.29. The van der Waals surface area contributed by atoms with Crippen molar-refractivity contribution >= 4 is 21.8 Å². The molecule has 19 heavy (non-hydrogen) atoms. The molecule has 0 aliphatic carbocycles. The van der Waals surface area contributed by atoms with E-state index in [-0.39, 0.29) is 12.5 Å². The zero-order chi connectivity index (χ0) is 13.8. The first-order valence-electron chi connectivity index (χ1n) is 5.75. The van der Waals surface area contributed by atoms with Gasteiger partial charge in [-0.05, 0) is 24.6 Å². The van der Waals surface area contributed by atoms with Gasteiger partial charge in [0, 0.05) is 4.47 Å². The number of nitrogens with one attached hydrogen (secondary N) is 1. The molecule has 0 saturated carbocycles. The molecule has 6 nitrogen and oxygen atoms in total. The average molecular weight is 324 g/mol. The van der Waals surface area contributed by atoms with Crippen LogP contribution in [0.2, 0.25) is 0 Å². The van der Waals surface area contributed by atoms with Gasteiger partial charge in [0.1, 0.15) is 5.69 Å². The highest BCUT2D eigenvalue weighted by atomic mass is 79.9. The molecule has 2 aromatic rings. The smallest absolute Gasteiger partial charge is 0.234 e. The molecule has 7 heteroatoms. The van der Waals surface area contributed by atoms with Gasteiger partial charge >= 0.3 is 0 Å². The zero-order valence-corrected chi connectivity index (χ0v) is 12.0. The number of rotatable bonds is 4. The van der Waals surface area contributed by atoms with Crippen LogP contribution in [0.1, 0.15) is 11.3 Å². The molecule has 1 amide bonds. The molecule has 1 aromatic carbocycles. The van der Waals surface area contributed by atoms with Crippen molar-refractivity contribution in [2.75, 3.05) is 6.54 Å².